The smallest absolute Gasteiger partial charge is 0.264 e. The molecule has 2 amide bonds. The molecule has 0 unspecified atom stereocenters. The minimum Gasteiger partial charge on any atom is -0.378 e. The summed E-state index contributed by atoms with van der Waals surface area (Å²) in [5.41, 5.74) is 1.58. The van der Waals surface area contributed by atoms with Gasteiger partial charge in [0.25, 0.3) is 5.91 Å². The minimum atomic E-state index is -4.22. The van der Waals surface area contributed by atoms with E-state index in [1.54, 1.807) is 34.6 Å². The summed E-state index contributed by atoms with van der Waals surface area (Å²) >= 11 is 0. The van der Waals surface area contributed by atoms with E-state index in [2.05, 4.69) is 0 Å². The molecule has 0 bridgehead atoms. The Kier molecular flexibility index (Phi) is 8.04. The average molecular weight is 520 g/mol. The first-order valence-electron chi connectivity index (χ1n) is 12.0. The van der Waals surface area contributed by atoms with E-state index in [0.29, 0.717) is 44.7 Å². The third-order valence-corrected chi connectivity index (χ3v) is 8.92. The van der Waals surface area contributed by atoms with Gasteiger partial charge in [-0.25, -0.2) is 18.3 Å². The Bertz CT molecular complexity index is 1180. The fraction of sp³-hybridized carbons (Fsp3) is 0.440. The molecular weight excluding hydrogens is 489 g/mol. The highest BCUT2D eigenvalue weighted by Gasteiger charge is 2.51. The molecule has 0 spiro atoms. The Labute approximate surface area is 209 Å². The molecule has 1 saturated carbocycles. The number of hydroxylamine groups is 1. The van der Waals surface area contributed by atoms with Gasteiger partial charge in [0.05, 0.1) is 18.1 Å². The molecule has 0 aromatic heterocycles. The van der Waals surface area contributed by atoms with Crippen LogP contribution < -0.4 is 5.48 Å². The monoisotopic (exact) mass is 519 g/mol. The molecular formula is C25H30FN3O6S. The second kappa shape index (κ2) is 11.0. The van der Waals surface area contributed by atoms with Crippen molar-refractivity contribution in [1.82, 2.24) is 14.7 Å². The largest absolute Gasteiger partial charge is 0.378 e. The van der Waals surface area contributed by atoms with Gasteiger partial charge in [-0.1, -0.05) is 37.1 Å². The summed E-state index contributed by atoms with van der Waals surface area (Å²) in [5, 5.41) is 9.47. The van der Waals surface area contributed by atoms with E-state index < -0.39 is 21.5 Å². The van der Waals surface area contributed by atoms with Gasteiger partial charge >= 0.3 is 0 Å². The molecule has 0 atom stereocenters. The maximum Gasteiger partial charge on any atom is 0.264 e. The molecule has 194 valence electrons. The molecule has 11 heteroatoms. The van der Waals surface area contributed by atoms with E-state index >= 15 is 0 Å². The molecule has 2 N–H and O–H groups in total. The number of hydrogen-bond acceptors (Lipinski definition) is 6. The Morgan fingerprint density at radius 3 is 2.11 bits per heavy atom. The van der Waals surface area contributed by atoms with Crippen molar-refractivity contribution in [2.45, 2.75) is 42.5 Å². The van der Waals surface area contributed by atoms with Crippen LogP contribution in [0.2, 0.25) is 0 Å². The van der Waals surface area contributed by atoms with Crippen LogP contribution in [0, 0.1) is 5.82 Å². The van der Waals surface area contributed by atoms with E-state index in [9.17, 15) is 27.6 Å². The Morgan fingerprint density at radius 2 is 1.56 bits per heavy atom. The molecule has 1 saturated heterocycles. The number of halogens is 1. The molecule has 2 aromatic carbocycles. The van der Waals surface area contributed by atoms with Crippen LogP contribution in [0.15, 0.2) is 53.4 Å². The van der Waals surface area contributed by atoms with Crippen molar-refractivity contribution in [3.05, 3.63) is 54.3 Å². The van der Waals surface area contributed by atoms with Gasteiger partial charge < -0.3 is 9.64 Å². The summed E-state index contributed by atoms with van der Waals surface area (Å²) in [6.07, 6.45) is 1.59. The van der Waals surface area contributed by atoms with Gasteiger partial charge in [0.2, 0.25) is 15.9 Å². The second-order valence-electron chi connectivity index (χ2n) is 9.03. The summed E-state index contributed by atoms with van der Waals surface area (Å²) in [5.74, 6) is -1.39. The maximum absolute atomic E-state index is 13.9. The standard InChI is InChI=1S/C25H30FN3O6S/c26-21-7-3-19(4-8-21)20-5-9-22(10-6-20)36(33,34)29(25(24(31)27-32)12-1-2-13-25)14-11-23(30)28-15-17-35-18-16-28/h3-10,32H,1-2,11-18H2,(H,27,31). The third kappa shape index (κ3) is 5.29. The van der Waals surface area contributed by atoms with Crippen molar-refractivity contribution in [3.8, 4) is 11.1 Å². The number of ether oxygens (including phenoxy) is 1. The summed E-state index contributed by atoms with van der Waals surface area (Å²) in [4.78, 5) is 27.3. The Balaban J connectivity index is 1.64. The predicted molar refractivity (Wildman–Crippen MR) is 129 cm³/mol. The van der Waals surface area contributed by atoms with Crippen molar-refractivity contribution in [2.75, 3.05) is 32.8 Å². The van der Waals surface area contributed by atoms with E-state index in [-0.39, 0.29) is 42.4 Å². The molecule has 0 radical (unpaired) electrons. The highest BCUT2D eigenvalue weighted by Crippen LogP contribution is 2.39. The van der Waals surface area contributed by atoms with E-state index in [1.165, 1.54) is 24.3 Å². The number of carbonyl (C=O) groups excluding carboxylic acids is 2. The van der Waals surface area contributed by atoms with Gasteiger partial charge in [0.15, 0.2) is 0 Å². The lowest BCUT2D eigenvalue weighted by Gasteiger charge is -2.38. The summed E-state index contributed by atoms with van der Waals surface area (Å²) in [7, 11) is -4.22. The van der Waals surface area contributed by atoms with Gasteiger partial charge in [-0.15, -0.1) is 0 Å². The minimum absolute atomic E-state index is 0.0378. The van der Waals surface area contributed by atoms with Crippen LogP contribution >= 0.6 is 0 Å². The van der Waals surface area contributed by atoms with E-state index in [1.807, 2.05) is 0 Å². The second-order valence-corrected chi connectivity index (χ2v) is 10.9. The van der Waals surface area contributed by atoms with Crippen molar-refractivity contribution in [3.63, 3.8) is 0 Å². The number of benzene rings is 2. The number of morpholine rings is 1. The van der Waals surface area contributed by atoms with Crippen LogP contribution in [0.4, 0.5) is 4.39 Å². The topological polar surface area (TPSA) is 116 Å². The first-order chi connectivity index (χ1) is 17.3. The number of amides is 2. The van der Waals surface area contributed by atoms with Crippen LogP contribution in [0.25, 0.3) is 11.1 Å². The molecule has 1 heterocycles. The summed E-state index contributed by atoms with van der Waals surface area (Å²) in [6, 6.07) is 11.9. The lowest BCUT2D eigenvalue weighted by molar-refractivity contribution is -0.141. The van der Waals surface area contributed by atoms with Crippen molar-refractivity contribution in [1.29, 1.82) is 0 Å². The molecule has 4 rings (SSSR count). The maximum atomic E-state index is 13.9. The van der Waals surface area contributed by atoms with Gasteiger partial charge in [0.1, 0.15) is 11.4 Å². The molecule has 2 aromatic rings. The number of sulfonamides is 1. The van der Waals surface area contributed by atoms with Crippen molar-refractivity contribution < 1.29 is 32.3 Å². The zero-order valence-electron chi connectivity index (χ0n) is 19.9. The normalized spacial score (nSPS) is 17.8. The zero-order valence-corrected chi connectivity index (χ0v) is 20.7. The number of nitrogens with one attached hydrogen (secondary N) is 1. The molecule has 1 aliphatic carbocycles. The van der Waals surface area contributed by atoms with Crippen LogP contribution in [0.5, 0.6) is 0 Å². The fourth-order valence-corrected chi connectivity index (χ4v) is 6.77. The van der Waals surface area contributed by atoms with Gasteiger partial charge in [0, 0.05) is 26.1 Å². The zero-order chi connectivity index (χ0) is 25.8. The quantitative estimate of drug-likeness (QED) is 0.409. The summed E-state index contributed by atoms with van der Waals surface area (Å²) in [6.45, 7) is 1.50. The Morgan fingerprint density at radius 1 is 1.00 bits per heavy atom. The molecule has 2 aliphatic rings. The highest BCUT2D eigenvalue weighted by atomic mass is 32.2. The van der Waals surface area contributed by atoms with Crippen LogP contribution in [0.3, 0.4) is 0 Å². The van der Waals surface area contributed by atoms with Gasteiger partial charge in [-0.2, -0.15) is 4.31 Å². The fourth-order valence-electron chi connectivity index (χ4n) is 4.97. The lowest BCUT2D eigenvalue weighted by Crippen LogP contribution is -2.59. The first-order valence-corrected chi connectivity index (χ1v) is 13.4. The number of hydrogen-bond donors (Lipinski definition) is 2. The first kappa shape index (κ1) is 26.2. The van der Waals surface area contributed by atoms with Gasteiger partial charge in [-0.05, 0) is 48.2 Å². The predicted octanol–water partition coefficient (Wildman–Crippen LogP) is 2.55. The lowest BCUT2D eigenvalue weighted by atomic mass is 9.96. The number of rotatable bonds is 8. The number of carbonyl (C=O) groups is 2. The average Bonchev–Trinajstić information content (AvgIpc) is 3.40. The number of nitrogens with zero attached hydrogens (tertiary/aromatic N) is 2. The van der Waals surface area contributed by atoms with E-state index in [4.69, 9.17) is 4.74 Å². The van der Waals surface area contributed by atoms with Crippen LogP contribution in [-0.2, 0) is 24.3 Å². The molecule has 9 nitrogen and oxygen atoms in total. The summed E-state index contributed by atoms with van der Waals surface area (Å²) < 4.78 is 47.4. The van der Waals surface area contributed by atoms with Crippen LogP contribution in [-0.4, -0.2) is 73.0 Å². The van der Waals surface area contributed by atoms with Gasteiger partial charge in [-0.3, -0.25) is 14.8 Å². The molecule has 1 aliphatic heterocycles. The SMILES string of the molecule is O=C(CCN(C1(C(=O)NO)CCCC1)S(=O)(=O)c1ccc(-c2ccc(F)cc2)cc1)N1CCOCC1. The molecule has 36 heavy (non-hydrogen) atoms. The molecule has 2 fully saturated rings. The third-order valence-electron chi connectivity index (χ3n) is 6.94. The highest BCUT2D eigenvalue weighted by molar-refractivity contribution is 7.89. The van der Waals surface area contributed by atoms with Crippen molar-refractivity contribution in [2.24, 2.45) is 0 Å². The van der Waals surface area contributed by atoms with Crippen LogP contribution in [0.1, 0.15) is 32.1 Å². The van der Waals surface area contributed by atoms with Crippen molar-refractivity contribution >= 4 is 21.8 Å². The van der Waals surface area contributed by atoms with E-state index in [0.717, 1.165) is 9.87 Å². The Hall–Kier alpha value is -2.86.